The number of para-hydroxylation sites is 1. The molecular formula is C18H21NO2. The van der Waals surface area contributed by atoms with Gasteiger partial charge in [0, 0.05) is 5.56 Å². The molecule has 3 nitrogen and oxygen atoms in total. The Morgan fingerprint density at radius 3 is 2.29 bits per heavy atom. The van der Waals surface area contributed by atoms with Crippen LogP contribution >= 0.6 is 0 Å². The Morgan fingerprint density at radius 1 is 1.00 bits per heavy atom. The molecule has 0 aliphatic rings. The van der Waals surface area contributed by atoms with Crippen molar-refractivity contribution in [3.8, 4) is 5.75 Å². The van der Waals surface area contributed by atoms with Gasteiger partial charge >= 0.3 is 0 Å². The lowest BCUT2D eigenvalue weighted by atomic mass is 10.1. The number of aryl methyl sites for hydroxylation is 1. The summed E-state index contributed by atoms with van der Waals surface area (Å²) in [4.78, 5) is 0. The minimum Gasteiger partial charge on any atom is -0.488 e. The van der Waals surface area contributed by atoms with Crippen molar-refractivity contribution in [2.75, 3.05) is 0 Å². The minimum absolute atomic E-state index is 0.503. The first-order chi connectivity index (χ1) is 10.3. The van der Waals surface area contributed by atoms with Crippen molar-refractivity contribution in [3.63, 3.8) is 0 Å². The molecule has 0 atom stereocenters. The summed E-state index contributed by atoms with van der Waals surface area (Å²) < 4.78 is 5.89. The molecule has 0 saturated heterocycles. The van der Waals surface area contributed by atoms with E-state index < -0.39 is 0 Å². The topological polar surface area (TPSA) is 41.8 Å². The van der Waals surface area contributed by atoms with Gasteiger partial charge in [-0.1, -0.05) is 55.4 Å². The van der Waals surface area contributed by atoms with Crippen LogP contribution in [0.5, 0.6) is 5.75 Å². The predicted molar refractivity (Wildman–Crippen MR) is 85.2 cm³/mol. The molecule has 2 rings (SSSR count). The first kappa shape index (κ1) is 15.1. The molecule has 2 aromatic rings. The lowest BCUT2D eigenvalue weighted by Crippen LogP contribution is -2.04. The van der Waals surface area contributed by atoms with E-state index >= 15 is 0 Å². The molecule has 2 aromatic carbocycles. The van der Waals surface area contributed by atoms with E-state index in [9.17, 15) is 0 Å². The third-order valence-electron chi connectivity index (χ3n) is 3.48. The maximum absolute atomic E-state index is 9.08. The van der Waals surface area contributed by atoms with Gasteiger partial charge in [0.25, 0.3) is 0 Å². The summed E-state index contributed by atoms with van der Waals surface area (Å²) in [5, 5.41) is 12.4. The van der Waals surface area contributed by atoms with Crippen LogP contribution in [0.2, 0.25) is 0 Å². The van der Waals surface area contributed by atoms with Gasteiger partial charge in [-0.2, -0.15) is 0 Å². The highest BCUT2D eigenvalue weighted by molar-refractivity contribution is 6.02. The minimum atomic E-state index is 0.503. The lowest BCUT2D eigenvalue weighted by Gasteiger charge is -2.12. The second kappa shape index (κ2) is 7.48. The van der Waals surface area contributed by atoms with Crippen LogP contribution in [0.1, 0.15) is 37.0 Å². The summed E-state index contributed by atoms with van der Waals surface area (Å²) in [6.07, 6.45) is 1.69. The third kappa shape index (κ3) is 3.85. The monoisotopic (exact) mass is 283 g/mol. The Hall–Kier alpha value is -2.29. The SMILES string of the molecule is CCC(=NO)c1ccccc1OCc1ccc(CC)cc1. The van der Waals surface area contributed by atoms with Gasteiger partial charge in [-0.05, 0) is 36.1 Å². The lowest BCUT2D eigenvalue weighted by molar-refractivity contribution is 0.303. The van der Waals surface area contributed by atoms with Crippen LogP contribution in [0.3, 0.4) is 0 Å². The van der Waals surface area contributed by atoms with Crippen molar-refractivity contribution < 1.29 is 9.94 Å². The Balaban J connectivity index is 2.12. The van der Waals surface area contributed by atoms with Gasteiger partial charge in [0.05, 0.1) is 5.71 Å². The Kier molecular flexibility index (Phi) is 5.38. The molecule has 0 radical (unpaired) electrons. The van der Waals surface area contributed by atoms with Crippen molar-refractivity contribution in [1.82, 2.24) is 0 Å². The molecule has 21 heavy (non-hydrogen) atoms. The zero-order valence-electron chi connectivity index (χ0n) is 12.5. The molecule has 0 spiro atoms. The van der Waals surface area contributed by atoms with Gasteiger partial charge < -0.3 is 9.94 Å². The number of benzene rings is 2. The summed E-state index contributed by atoms with van der Waals surface area (Å²) in [5.41, 5.74) is 3.92. The first-order valence-electron chi connectivity index (χ1n) is 7.29. The van der Waals surface area contributed by atoms with Crippen molar-refractivity contribution in [2.45, 2.75) is 33.3 Å². The zero-order valence-corrected chi connectivity index (χ0v) is 12.5. The smallest absolute Gasteiger partial charge is 0.128 e. The molecule has 0 fully saturated rings. The average Bonchev–Trinajstić information content (AvgIpc) is 2.55. The van der Waals surface area contributed by atoms with Crippen LogP contribution in [-0.2, 0) is 13.0 Å². The van der Waals surface area contributed by atoms with Gasteiger partial charge in [0.1, 0.15) is 12.4 Å². The standard InChI is InChI=1S/C18H21NO2/c1-3-14-9-11-15(12-10-14)13-21-18-8-6-5-7-16(18)17(4-2)19-20/h5-12,20H,3-4,13H2,1-2H3. The molecule has 0 unspecified atom stereocenters. The van der Waals surface area contributed by atoms with Crippen LogP contribution in [0.15, 0.2) is 53.7 Å². The van der Waals surface area contributed by atoms with Crippen molar-refractivity contribution in [3.05, 3.63) is 65.2 Å². The number of rotatable bonds is 6. The molecule has 0 amide bonds. The molecule has 0 aliphatic heterocycles. The summed E-state index contributed by atoms with van der Waals surface area (Å²) in [5.74, 6) is 0.742. The number of hydrogen-bond donors (Lipinski definition) is 1. The van der Waals surface area contributed by atoms with Gasteiger partial charge in [-0.3, -0.25) is 0 Å². The van der Waals surface area contributed by atoms with Crippen molar-refractivity contribution in [2.24, 2.45) is 5.16 Å². The van der Waals surface area contributed by atoms with Crippen LogP contribution in [0.4, 0.5) is 0 Å². The quantitative estimate of drug-likeness (QED) is 0.484. The second-order valence-corrected chi connectivity index (χ2v) is 4.86. The molecule has 110 valence electrons. The molecule has 0 bridgehead atoms. The number of nitrogens with zero attached hydrogens (tertiary/aromatic N) is 1. The fourth-order valence-corrected chi connectivity index (χ4v) is 2.18. The van der Waals surface area contributed by atoms with E-state index in [1.165, 1.54) is 5.56 Å². The molecule has 3 heteroatoms. The van der Waals surface area contributed by atoms with Gasteiger partial charge in [-0.25, -0.2) is 0 Å². The van der Waals surface area contributed by atoms with Crippen LogP contribution < -0.4 is 4.74 Å². The number of hydrogen-bond acceptors (Lipinski definition) is 3. The van der Waals surface area contributed by atoms with E-state index in [4.69, 9.17) is 9.94 Å². The fourth-order valence-electron chi connectivity index (χ4n) is 2.18. The van der Waals surface area contributed by atoms with Gasteiger partial charge in [0.15, 0.2) is 0 Å². The first-order valence-corrected chi connectivity index (χ1v) is 7.29. The van der Waals surface area contributed by atoms with Crippen LogP contribution in [0.25, 0.3) is 0 Å². The number of ether oxygens (including phenoxy) is 1. The van der Waals surface area contributed by atoms with E-state index in [1.807, 2.05) is 31.2 Å². The molecule has 0 saturated carbocycles. The molecular weight excluding hydrogens is 262 g/mol. The molecule has 1 N–H and O–H groups in total. The van der Waals surface area contributed by atoms with E-state index in [0.29, 0.717) is 18.7 Å². The highest BCUT2D eigenvalue weighted by Gasteiger charge is 2.09. The molecule has 0 aromatic heterocycles. The van der Waals surface area contributed by atoms with Crippen LogP contribution in [-0.4, -0.2) is 10.9 Å². The summed E-state index contributed by atoms with van der Waals surface area (Å²) in [6, 6.07) is 16.1. The van der Waals surface area contributed by atoms with Crippen molar-refractivity contribution in [1.29, 1.82) is 0 Å². The maximum Gasteiger partial charge on any atom is 0.128 e. The van der Waals surface area contributed by atoms with E-state index in [-0.39, 0.29) is 0 Å². The number of oxime groups is 1. The largest absolute Gasteiger partial charge is 0.488 e. The highest BCUT2D eigenvalue weighted by Crippen LogP contribution is 2.21. The normalized spacial score (nSPS) is 11.4. The Labute approximate surface area is 125 Å². The zero-order chi connectivity index (χ0) is 15.1. The van der Waals surface area contributed by atoms with E-state index in [2.05, 4.69) is 36.3 Å². The summed E-state index contributed by atoms with van der Waals surface area (Å²) in [6.45, 7) is 4.60. The van der Waals surface area contributed by atoms with Crippen molar-refractivity contribution >= 4 is 5.71 Å². The van der Waals surface area contributed by atoms with E-state index in [1.54, 1.807) is 0 Å². The highest BCUT2D eigenvalue weighted by atomic mass is 16.5. The van der Waals surface area contributed by atoms with Gasteiger partial charge in [-0.15, -0.1) is 0 Å². The Bertz CT molecular complexity index is 603. The third-order valence-corrected chi connectivity index (χ3v) is 3.48. The summed E-state index contributed by atoms with van der Waals surface area (Å²) in [7, 11) is 0. The second-order valence-electron chi connectivity index (χ2n) is 4.86. The maximum atomic E-state index is 9.08. The molecule has 0 aliphatic carbocycles. The fraction of sp³-hybridized carbons (Fsp3) is 0.278. The molecule has 0 heterocycles. The van der Waals surface area contributed by atoms with Crippen LogP contribution in [0, 0.1) is 0 Å². The van der Waals surface area contributed by atoms with E-state index in [0.717, 1.165) is 23.3 Å². The predicted octanol–water partition coefficient (Wildman–Crippen LogP) is 4.42. The van der Waals surface area contributed by atoms with Gasteiger partial charge in [0.2, 0.25) is 0 Å². The average molecular weight is 283 g/mol. The summed E-state index contributed by atoms with van der Waals surface area (Å²) >= 11 is 0. The Morgan fingerprint density at radius 2 is 1.67 bits per heavy atom.